The highest BCUT2D eigenvalue weighted by Crippen LogP contribution is 2.60. The SMILES string of the molecule is O=C(OCc1ccc(I)cc1)C12CC3CC(CC(C3)C1)C2. The largest absolute Gasteiger partial charge is 0.460 e. The number of carbonyl (C=O) groups is 1. The van der Waals surface area contributed by atoms with Crippen molar-refractivity contribution in [3.63, 3.8) is 0 Å². The second kappa shape index (κ2) is 5.25. The van der Waals surface area contributed by atoms with Crippen LogP contribution in [-0.2, 0) is 16.1 Å². The molecule has 0 unspecified atom stereocenters. The lowest BCUT2D eigenvalue weighted by molar-refractivity contribution is -0.172. The molecule has 2 nitrogen and oxygen atoms in total. The molecule has 4 saturated carbocycles. The number of esters is 1. The zero-order valence-corrected chi connectivity index (χ0v) is 14.3. The van der Waals surface area contributed by atoms with Crippen molar-refractivity contribution in [1.29, 1.82) is 0 Å². The number of hydrogen-bond acceptors (Lipinski definition) is 2. The van der Waals surface area contributed by atoms with E-state index in [4.69, 9.17) is 4.74 Å². The molecule has 0 aromatic heterocycles. The third kappa shape index (κ3) is 2.62. The molecule has 4 aliphatic carbocycles. The second-order valence-electron chi connectivity index (χ2n) is 7.40. The van der Waals surface area contributed by atoms with Crippen LogP contribution in [0.25, 0.3) is 0 Å². The lowest BCUT2D eigenvalue weighted by atomic mass is 9.49. The highest BCUT2D eigenvalue weighted by atomic mass is 127. The Balaban J connectivity index is 1.44. The molecule has 3 heteroatoms. The van der Waals surface area contributed by atoms with Crippen molar-refractivity contribution in [2.24, 2.45) is 23.2 Å². The van der Waals surface area contributed by atoms with Crippen molar-refractivity contribution in [3.05, 3.63) is 33.4 Å². The Bertz CT molecular complexity index is 514. The first-order valence-electron chi connectivity index (χ1n) is 8.05. The van der Waals surface area contributed by atoms with E-state index in [1.54, 1.807) is 0 Å². The van der Waals surface area contributed by atoms with E-state index in [1.165, 1.54) is 22.8 Å². The van der Waals surface area contributed by atoms with Gasteiger partial charge < -0.3 is 4.74 Å². The number of rotatable bonds is 3. The fourth-order valence-corrected chi connectivity index (χ4v) is 5.60. The summed E-state index contributed by atoms with van der Waals surface area (Å²) in [6.07, 6.45) is 7.36. The molecule has 0 spiro atoms. The predicted octanol–water partition coefficient (Wildman–Crippen LogP) is 4.55. The van der Waals surface area contributed by atoms with Gasteiger partial charge in [-0.1, -0.05) is 12.1 Å². The highest BCUT2D eigenvalue weighted by Gasteiger charge is 2.55. The molecule has 5 rings (SSSR count). The van der Waals surface area contributed by atoms with Crippen molar-refractivity contribution >= 4 is 28.6 Å². The van der Waals surface area contributed by atoms with Crippen LogP contribution in [0.3, 0.4) is 0 Å². The van der Waals surface area contributed by atoms with Crippen LogP contribution in [-0.4, -0.2) is 5.97 Å². The maximum atomic E-state index is 12.7. The standard InChI is InChI=1S/C18H21IO2/c19-16-3-1-12(2-4-16)11-21-17(20)18-8-13-5-14(9-18)7-15(6-13)10-18/h1-4,13-15H,5-11H2. The topological polar surface area (TPSA) is 26.3 Å². The van der Waals surface area contributed by atoms with Crippen LogP contribution in [0.5, 0.6) is 0 Å². The summed E-state index contributed by atoms with van der Waals surface area (Å²) in [5, 5.41) is 0. The van der Waals surface area contributed by atoms with Crippen LogP contribution in [0.1, 0.15) is 44.1 Å². The maximum absolute atomic E-state index is 12.7. The zero-order chi connectivity index (χ0) is 14.4. The number of ether oxygens (including phenoxy) is 1. The van der Waals surface area contributed by atoms with Gasteiger partial charge >= 0.3 is 5.97 Å². The van der Waals surface area contributed by atoms with Gasteiger partial charge in [0.1, 0.15) is 6.61 Å². The third-order valence-corrected chi connectivity index (χ3v) is 6.47. The maximum Gasteiger partial charge on any atom is 0.312 e. The van der Waals surface area contributed by atoms with E-state index in [1.807, 2.05) is 0 Å². The molecule has 112 valence electrons. The molecule has 4 bridgehead atoms. The number of halogens is 1. The minimum Gasteiger partial charge on any atom is -0.460 e. The van der Waals surface area contributed by atoms with E-state index in [2.05, 4.69) is 46.9 Å². The first kappa shape index (κ1) is 14.0. The van der Waals surface area contributed by atoms with Gasteiger partial charge in [-0.3, -0.25) is 4.79 Å². The van der Waals surface area contributed by atoms with Crippen LogP contribution in [0.2, 0.25) is 0 Å². The van der Waals surface area contributed by atoms with Gasteiger partial charge in [0.2, 0.25) is 0 Å². The summed E-state index contributed by atoms with van der Waals surface area (Å²) in [6.45, 7) is 0.428. The van der Waals surface area contributed by atoms with Crippen LogP contribution < -0.4 is 0 Å². The Kier molecular flexibility index (Phi) is 3.51. The molecule has 0 saturated heterocycles. The number of benzene rings is 1. The fraction of sp³-hybridized carbons (Fsp3) is 0.611. The van der Waals surface area contributed by atoms with E-state index in [0.29, 0.717) is 6.61 Å². The van der Waals surface area contributed by atoms with Crippen molar-refractivity contribution in [3.8, 4) is 0 Å². The second-order valence-corrected chi connectivity index (χ2v) is 8.65. The van der Waals surface area contributed by atoms with Crippen LogP contribution >= 0.6 is 22.6 Å². The Morgan fingerprint density at radius 1 is 1.05 bits per heavy atom. The molecule has 0 atom stereocenters. The first-order valence-corrected chi connectivity index (χ1v) is 9.12. The minimum atomic E-state index is -0.127. The third-order valence-electron chi connectivity index (χ3n) is 5.75. The predicted molar refractivity (Wildman–Crippen MR) is 89.6 cm³/mol. The van der Waals surface area contributed by atoms with E-state index >= 15 is 0 Å². The van der Waals surface area contributed by atoms with Gasteiger partial charge in [-0.25, -0.2) is 0 Å². The fourth-order valence-electron chi connectivity index (χ4n) is 5.24. The van der Waals surface area contributed by atoms with Crippen molar-refractivity contribution in [1.82, 2.24) is 0 Å². The molecular weight excluding hydrogens is 375 g/mol. The van der Waals surface area contributed by atoms with E-state index in [-0.39, 0.29) is 11.4 Å². The van der Waals surface area contributed by atoms with Crippen LogP contribution in [0.4, 0.5) is 0 Å². The highest BCUT2D eigenvalue weighted by molar-refractivity contribution is 14.1. The number of hydrogen-bond donors (Lipinski definition) is 0. The summed E-state index contributed by atoms with van der Waals surface area (Å²) in [6, 6.07) is 8.23. The Labute approximate surface area is 139 Å². The van der Waals surface area contributed by atoms with Crippen LogP contribution in [0, 0.1) is 26.7 Å². The Hall–Kier alpha value is -0.580. The molecule has 0 aliphatic heterocycles. The van der Waals surface area contributed by atoms with E-state index in [0.717, 1.165) is 42.6 Å². The van der Waals surface area contributed by atoms with Crippen molar-refractivity contribution < 1.29 is 9.53 Å². The quantitative estimate of drug-likeness (QED) is 0.554. The van der Waals surface area contributed by atoms with Crippen molar-refractivity contribution in [2.45, 2.75) is 45.1 Å². The smallest absolute Gasteiger partial charge is 0.312 e. The van der Waals surface area contributed by atoms with Crippen molar-refractivity contribution in [2.75, 3.05) is 0 Å². The summed E-state index contributed by atoms with van der Waals surface area (Å²) in [5.74, 6) is 2.46. The van der Waals surface area contributed by atoms with E-state index in [9.17, 15) is 4.79 Å². The minimum absolute atomic E-state index is 0.0835. The molecule has 0 radical (unpaired) electrons. The summed E-state index contributed by atoms with van der Waals surface area (Å²) in [4.78, 5) is 12.7. The Morgan fingerprint density at radius 2 is 1.57 bits per heavy atom. The summed E-state index contributed by atoms with van der Waals surface area (Å²) < 4.78 is 6.92. The van der Waals surface area contributed by atoms with E-state index < -0.39 is 0 Å². The lowest BCUT2D eigenvalue weighted by Gasteiger charge is -2.55. The molecule has 1 aromatic rings. The summed E-state index contributed by atoms with van der Waals surface area (Å²) in [7, 11) is 0. The molecule has 21 heavy (non-hydrogen) atoms. The average Bonchev–Trinajstić information content (AvgIpc) is 2.45. The molecule has 1 aromatic carbocycles. The first-order chi connectivity index (χ1) is 10.1. The summed E-state index contributed by atoms with van der Waals surface area (Å²) in [5.41, 5.74) is 0.964. The van der Waals surface area contributed by atoms with Gasteiger partial charge in [-0.15, -0.1) is 0 Å². The van der Waals surface area contributed by atoms with Gasteiger partial charge in [0.05, 0.1) is 5.41 Å². The molecular formula is C18H21IO2. The zero-order valence-electron chi connectivity index (χ0n) is 12.2. The molecule has 4 aliphatic rings. The van der Waals surface area contributed by atoms with Gasteiger partial charge in [-0.2, -0.15) is 0 Å². The van der Waals surface area contributed by atoms with Gasteiger partial charge in [0.15, 0.2) is 0 Å². The monoisotopic (exact) mass is 396 g/mol. The average molecular weight is 396 g/mol. The van der Waals surface area contributed by atoms with Gasteiger partial charge in [-0.05, 0) is 96.6 Å². The summed E-state index contributed by atoms with van der Waals surface area (Å²) >= 11 is 2.29. The molecule has 0 N–H and O–H groups in total. The van der Waals surface area contributed by atoms with Gasteiger partial charge in [0, 0.05) is 3.57 Å². The molecule has 4 fully saturated rings. The lowest BCUT2D eigenvalue weighted by Crippen LogP contribution is -2.50. The van der Waals surface area contributed by atoms with Gasteiger partial charge in [0.25, 0.3) is 0 Å². The molecule has 0 heterocycles. The molecule has 0 amide bonds. The van der Waals surface area contributed by atoms with Crippen LogP contribution in [0.15, 0.2) is 24.3 Å². The number of carbonyl (C=O) groups excluding carboxylic acids is 1. The normalized spacial score (nSPS) is 36.7. The Morgan fingerprint density at radius 3 is 2.10 bits per heavy atom.